The molecular formula is C25H35NaO5S. The first-order valence-electron chi connectivity index (χ1n) is 11.5. The van der Waals surface area contributed by atoms with Gasteiger partial charge in [-0.1, -0.05) is 95.1 Å². The third kappa shape index (κ3) is 10.7. The Labute approximate surface area is 215 Å². The van der Waals surface area contributed by atoms with Gasteiger partial charge in [0.05, 0.1) is 4.90 Å². The zero-order valence-corrected chi connectivity index (χ0v) is 22.3. The summed E-state index contributed by atoms with van der Waals surface area (Å²) in [5.41, 5.74) is 0.317. The fraction of sp³-hybridized carbons (Fsp3) is 0.520. The molecule has 172 valence electrons. The standard InChI is InChI=1S/C25H36O5S.Na/c1-2-3-4-5-6-7-8-9-10-11-13-16-21-19-23(30-22-17-14-12-15-18-22)20-24(26)25(21)31(27,28)29;/h12,14-15,17-20,26H,2-11,13,16H2,1H3,(H,27,28,29);/q;+1/p-1. The molecule has 5 nitrogen and oxygen atoms in total. The maximum Gasteiger partial charge on any atom is 1.00 e. The van der Waals surface area contributed by atoms with E-state index in [1.54, 1.807) is 18.2 Å². The van der Waals surface area contributed by atoms with E-state index in [4.69, 9.17) is 4.74 Å². The summed E-state index contributed by atoms with van der Waals surface area (Å²) in [5, 5.41) is 12.4. The molecule has 0 atom stereocenters. The van der Waals surface area contributed by atoms with E-state index in [0.717, 1.165) is 25.3 Å². The summed E-state index contributed by atoms with van der Waals surface area (Å²) in [6.45, 7) is 2.23. The van der Waals surface area contributed by atoms with Crippen LogP contribution in [0.15, 0.2) is 47.4 Å². The molecule has 0 aliphatic carbocycles. The Morgan fingerprint density at radius 2 is 1.34 bits per heavy atom. The molecule has 0 saturated heterocycles. The third-order valence-electron chi connectivity index (χ3n) is 5.39. The fourth-order valence-corrected chi connectivity index (χ4v) is 4.58. The van der Waals surface area contributed by atoms with Crippen LogP contribution in [0.4, 0.5) is 0 Å². The molecule has 32 heavy (non-hydrogen) atoms. The number of hydrogen-bond donors (Lipinski definition) is 1. The van der Waals surface area contributed by atoms with Crippen LogP contribution < -0.4 is 39.4 Å². The van der Waals surface area contributed by atoms with Crippen LogP contribution in [0.3, 0.4) is 0 Å². The van der Waals surface area contributed by atoms with Crippen molar-refractivity contribution in [2.75, 3.05) is 0 Å². The molecule has 2 aromatic rings. The first-order chi connectivity index (χ1) is 14.9. The van der Waals surface area contributed by atoms with Gasteiger partial charge in [-0.25, -0.2) is 0 Å². The van der Waals surface area contributed by atoms with Crippen LogP contribution in [-0.4, -0.2) is 13.0 Å². The average Bonchev–Trinajstić information content (AvgIpc) is 2.71. The van der Waals surface area contributed by atoms with Crippen molar-refractivity contribution in [2.45, 2.75) is 88.9 Å². The minimum absolute atomic E-state index is 0. The number of rotatable bonds is 15. The molecule has 0 radical (unpaired) electrons. The molecule has 0 fully saturated rings. The predicted molar refractivity (Wildman–Crippen MR) is 122 cm³/mol. The molecular weight excluding hydrogens is 435 g/mol. The van der Waals surface area contributed by atoms with Gasteiger partial charge in [-0.05, 0) is 42.7 Å². The number of para-hydroxylation sites is 1. The maximum absolute atomic E-state index is 12.4. The summed E-state index contributed by atoms with van der Waals surface area (Å²) in [4.78, 5) is -0.528. The van der Waals surface area contributed by atoms with Crippen molar-refractivity contribution < 1.29 is 52.4 Å². The van der Waals surface area contributed by atoms with E-state index in [2.05, 4.69) is 6.92 Å². The van der Waals surface area contributed by atoms with Gasteiger partial charge in [-0.2, -0.15) is 8.42 Å². The van der Waals surface area contributed by atoms with Gasteiger partial charge in [-0.3, -0.25) is 4.55 Å². The first-order valence-corrected chi connectivity index (χ1v) is 12.9. The van der Waals surface area contributed by atoms with E-state index in [1.165, 1.54) is 51.4 Å². The molecule has 0 aromatic heterocycles. The van der Waals surface area contributed by atoms with Gasteiger partial charge in [0.1, 0.15) is 11.5 Å². The molecule has 0 unspecified atom stereocenters. The maximum atomic E-state index is 12.4. The van der Waals surface area contributed by atoms with Crippen LogP contribution in [0.1, 0.15) is 83.1 Å². The fourth-order valence-electron chi connectivity index (χ4n) is 3.77. The second kappa shape index (κ2) is 15.7. The van der Waals surface area contributed by atoms with Crippen LogP contribution >= 0.6 is 0 Å². The minimum Gasteiger partial charge on any atom is -0.871 e. The monoisotopic (exact) mass is 470 g/mol. The molecule has 0 amide bonds. The minimum atomic E-state index is -4.59. The van der Waals surface area contributed by atoms with Crippen LogP contribution in [0, 0.1) is 0 Å². The average molecular weight is 471 g/mol. The van der Waals surface area contributed by atoms with Crippen LogP contribution in [0.2, 0.25) is 0 Å². The number of ether oxygens (including phenoxy) is 1. The molecule has 1 N–H and O–H groups in total. The number of aryl methyl sites for hydroxylation is 1. The number of unbranched alkanes of at least 4 members (excludes halogenated alkanes) is 10. The molecule has 0 saturated carbocycles. The molecule has 0 spiro atoms. The van der Waals surface area contributed by atoms with Crippen LogP contribution in [0.5, 0.6) is 17.2 Å². The Bertz CT molecular complexity index is 885. The van der Waals surface area contributed by atoms with Gasteiger partial charge < -0.3 is 9.84 Å². The van der Waals surface area contributed by atoms with Crippen molar-refractivity contribution in [3.63, 3.8) is 0 Å². The van der Waals surface area contributed by atoms with E-state index in [0.29, 0.717) is 17.7 Å². The summed E-state index contributed by atoms with van der Waals surface area (Å²) < 4.78 is 38.8. The van der Waals surface area contributed by atoms with Gasteiger partial charge in [0, 0.05) is 0 Å². The molecule has 0 bridgehead atoms. The van der Waals surface area contributed by atoms with Gasteiger partial charge in [-0.15, -0.1) is 0 Å². The van der Waals surface area contributed by atoms with Crippen molar-refractivity contribution in [3.05, 3.63) is 48.0 Å². The van der Waals surface area contributed by atoms with Gasteiger partial charge >= 0.3 is 29.6 Å². The topological polar surface area (TPSA) is 86.7 Å². The summed E-state index contributed by atoms with van der Waals surface area (Å²) in [6, 6.07) is 11.6. The van der Waals surface area contributed by atoms with Crippen molar-refractivity contribution in [2.24, 2.45) is 0 Å². The Morgan fingerprint density at radius 3 is 1.88 bits per heavy atom. The smallest absolute Gasteiger partial charge is 0.871 e. The third-order valence-corrected chi connectivity index (χ3v) is 6.37. The summed E-state index contributed by atoms with van der Waals surface area (Å²) in [6.07, 6.45) is 13.4. The van der Waals surface area contributed by atoms with E-state index in [1.807, 2.05) is 18.2 Å². The SMILES string of the molecule is CCCCCCCCCCCCCc1cc(Oc2ccccc2)cc([O-])c1S(=O)(=O)O.[Na+]. The van der Waals surface area contributed by atoms with Crippen molar-refractivity contribution in [1.29, 1.82) is 0 Å². The first kappa shape index (κ1) is 29.0. The zero-order valence-electron chi connectivity index (χ0n) is 19.5. The van der Waals surface area contributed by atoms with Crippen molar-refractivity contribution in [3.8, 4) is 17.2 Å². The van der Waals surface area contributed by atoms with E-state index in [9.17, 15) is 18.1 Å². The molecule has 2 aromatic carbocycles. The Hall–Kier alpha value is -1.05. The van der Waals surface area contributed by atoms with Gasteiger partial charge in [0.2, 0.25) is 0 Å². The second-order valence-electron chi connectivity index (χ2n) is 8.09. The van der Waals surface area contributed by atoms with Gasteiger partial charge in [0.15, 0.2) is 0 Å². The van der Waals surface area contributed by atoms with Gasteiger partial charge in [0.25, 0.3) is 10.1 Å². The summed E-state index contributed by atoms with van der Waals surface area (Å²) in [7, 11) is -4.59. The normalized spacial score (nSPS) is 11.2. The molecule has 0 heterocycles. The second-order valence-corrected chi connectivity index (χ2v) is 9.44. The van der Waals surface area contributed by atoms with Crippen molar-refractivity contribution in [1.82, 2.24) is 0 Å². The summed E-state index contributed by atoms with van der Waals surface area (Å²) in [5.74, 6) is 0.0952. The largest absolute Gasteiger partial charge is 1.00 e. The van der Waals surface area contributed by atoms with E-state index < -0.39 is 20.8 Å². The Balaban J connectivity index is 0.00000512. The van der Waals surface area contributed by atoms with Crippen LogP contribution in [0.25, 0.3) is 0 Å². The zero-order chi connectivity index (χ0) is 22.5. The molecule has 0 aliphatic rings. The van der Waals surface area contributed by atoms with Crippen molar-refractivity contribution >= 4 is 10.1 Å². The Morgan fingerprint density at radius 1 is 0.812 bits per heavy atom. The van der Waals surface area contributed by atoms with E-state index >= 15 is 0 Å². The molecule has 0 aliphatic heterocycles. The molecule has 7 heteroatoms. The Kier molecular flexibility index (Phi) is 14.2. The molecule has 2 rings (SSSR count). The number of benzene rings is 2. The quantitative estimate of drug-likeness (QED) is 0.244. The summed E-state index contributed by atoms with van der Waals surface area (Å²) >= 11 is 0. The van der Waals surface area contributed by atoms with E-state index in [-0.39, 0.29) is 35.3 Å². The van der Waals surface area contributed by atoms with Crippen LogP contribution in [-0.2, 0) is 16.5 Å². The predicted octanol–water partition coefficient (Wildman–Crippen LogP) is 3.66. The number of hydrogen-bond acceptors (Lipinski definition) is 4.